The van der Waals surface area contributed by atoms with Crippen molar-refractivity contribution in [1.82, 2.24) is 0 Å². The van der Waals surface area contributed by atoms with Gasteiger partial charge in [-0.05, 0) is 204 Å². The Kier molecular flexibility index (Phi) is 3.93. The summed E-state index contributed by atoms with van der Waals surface area (Å²) in [6.45, 7) is 11.4. The maximum absolute atomic E-state index is 4.01. The van der Waals surface area contributed by atoms with E-state index in [1.807, 2.05) is 0 Å². The lowest BCUT2D eigenvalue weighted by atomic mass is 9.73. The molecule has 0 aromatic heterocycles. The van der Waals surface area contributed by atoms with E-state index in [4.69, 9.17) is 0 Å². The van der Waals surface area contributed by atoms with E-state index in [0.717, 1.165) is 4.47 Å². The van der Waals surface area contributed by atoms with Gasteiger partial charge in [-0.1, -0.05) is 76.6 Å². The highest BCUT2D eigenvalue weighted by Gasteiger charge is 2.31. The number of aryl methyl sites for hydroxylation is 5. The molecule has 0 saturated carbocycles. The van der Waals surface area contributed by atoms with Crippen LogP contribution >= 0.6 is 15.9 Å². The molecule has 0 fully saturated rings. The maximum Gasteiger partial charge on any atom is 0.0188 e. The van der Waals surface area contributed by atoms with Crippen LogP contribution in [0.5, 0.6) is 0 Å². The number of halogens is 1. The lowest BCUT2D eigenvalue weighted by Gasteiger charge is -2.30. The number of fused-ring (bicyclic) bond motifs is 6. The molecule has 0 bridgehead atoms. The van der Waals surface area contributed by atoms with Gasteiger partial charge in [0.1, 0.15) is 0 Å². The van der Waals surface area contributed by atoms with Crippen molar-refractivity contribution in [3.8, 4) is 0 Å². The van der Waals surface area contributed by atoms with E-state index in [-0.39, 0.29) is 0 Å². The van der Waals surface area contributed by atoms with Crippen LogP contribution in [0, 0.1) is 34.6 Å². The van der Waals surface area contributed by atoms with Gasteiger partial charge in [0.25, 0.3) is 0 Å². The summed E-state index contributed by atoms with van der Waals surface area (Å²) in [6, 6.07) is 29.5. The molecule has 13 aromatic carbocycles. The summed E-state index contributed by atoms with van der Waals surface area (Å²) in [5.41, 5.74) is 6.61. The van der Waals surface area contributed by atoms with Crippen molar-refractivity contribution < 1.29 is 0 Å². The van der Waals surface area contributed by atoms with Gasteiger partial charge in [0.05, 0.1) is 0 Å². The summed E-state index contributed by atoms with van der Waals surface area (Å²) < 4.78 is 1.14. The quantitative estimate of drug-likeness (QED) is 0.111. The van der Waals surface area contributed by atoms with Crippen molar-refractivity contribution in [3.05, 3.63) is 105 Å². The molecule has 0 amide bonds. The normalized spacial score (nSPS) is 13.6. The fraction of sp³-hybridized carbons (Fsp3) is 0.106. The van der Waals surface area contributed by atoms with E-state index in [9.17, 15) is 0 Å². The first-order valence-electron chi connectivity index (χ1n) is 17.1. The SMILES string of the molecule is Cc1cc2c3cc(C)cc4c5cc(C)cc6c7cc(Br)cc8c9cc(C)cc%10c%11cc(C)cc%12c(c1)c2c1c(c34)c(c56)c(c78)c(c%109)c1c%12%11. The molecule has 0 atom stereocenters. The van der Waals surface area contributed by atoms with Crippen molar-refractivity contribution in [2.24, 2.45) is 0 Å². The molecule has 0 nitrogen and oxygen atoms in total. The molecular weight excluding hydrogens is 644 g/mol. The highest BCUT2D eigenvalue weighted by Crippen LogP contribution is 2.60. The molecule has 0 heterocycles. The van der Waals surface area contributed by atoms with Gasteiger partial charge in [0.15, 0.2) is 0 Å². The van der Waals surface area contributed by atoms with E-state index < -0.39 is 0 Å². The van der Waals surface area contributed by atoms with E-state index >= 15 is 0 Å². The second kappa shape index (κ2) is 7.51. The van der Waals surface area contributed by atoms with Crippen LogP contribution in [0.3, 0.4) is 0 Å². The average molecular weight is 672 g/mol. The van der Waals surface area contributed by atoms with Crippen LogP contribution in [-0.2, 0) is 0 Å². The highest BCUT2D eigenvalue weighted by molar-refractivity contribution is 9.10. The first kappa shape index (κ1) is 25.1. The van der Waals surface area contributed by atoms with Crippen molar-refractivity contribution in [1.29, 1.82) is 0 Å². The fourth-order valence-corrected chi connectivity index (χ4v) is 11.4. The minimum Gasteiger partial charge on any atom is -0.0508 e. The van der Waals surface area contributed by atoms with Crippen LogP contribution in [0.1, 0.15) is 27.8 Å². The smallest absolute Gasteiger partial charge is 0.0188 e. The first-order valence-corrected chi connectivity index (χ1v) is 17.9. The Morgan fingerprint density at radius 2 is 0.375 bits per heavy atom. The topological polar surface area (TPSA) is 0 Å². The summed E-state index contributed by atoms with van der Waals surface area (Å²) in [5.74, 6) is 0. The second-order valence-electron chi connectivity index (χ2n) is 15.3. The van der Waals surface area contributed by atoms with Crippen LogP contribution in [0.15, 0.2) is 77.3 Å². The molecule has 0 spiro atoms. The van der Waals surface area contributed by atoms with Gasteiger partial charge < -0.3 is 0 Å². The molecule has 0 radical (unpaired) electrons. The van der Waals surface area contributed by atoms with Gasteiger partial charge in [-0.3, -0.25) is 0 Å². The Labute approximate surface area is 283 Å². The van der Waals surface area contributed by atoms with Crippen LogP contribution in [0.4, 0.5) is 0 Å². The predicted octanol–water partition coefficient (Wildman–Crippen LogP) is 14.5. The number of hydrogen-bond donors (Lipinski definition) is 0. The maximum atomic E-state index is 4.01. The minimum atomic E-state index is 1.14. The monoisotopic (exact) mass is 670 g/mol. The van der Waals surface area contributed by atoms with Gasteiger partial charge in [-0.25, -0.2) is 0 Å². The van der Waals surface area contributed by atoms with Crippen molar-refractivity contribution >= 4 is 145 Å². The molecule has 0 N–H and O–H groups in total. The van der Waals surface area contributed by atoms with Gasteiger partial charge in [-0.15, -0.1) is 0 Å². The number of hydrogen-bond acceptors (Lipinski definition) is 0. The molecule has 13 aromatic rings. The minimum absolute atomic E-state index is 1.14. The first-order chi connectivity index (χ1) is 23.3. The molecule has 0 unspecified atom stereocenters. The zero-order chi connectivity index (χ0) is 31.8. The Hall–Kier alpha value is -4.98. The zero-order valence-corrected chi connectivity index (χ0v) is 28.9. The molecule has 1 heteroatoms. The Morgan fingerprint density at radius 1 is 0.229 bits per heavy atom. The van der Waals surface area contributed by atoms with E-state index in [1.165, 1.54) is 157 Å². The summed E-state index contributed by atoms with van der Waals surface area (Å²) in [7, 11) is 0. The van der Waals surface area contributed by atoms with E-state index in [0.29, 0.717) is 0 Å². The van der Waals surface area contributed by atoms with Crippen LogP contribution in [0.25, 0.3) is 129 Å². The number of benzene rings is 13. The Bertz CT molecular complexity index is 2780. The molecule has 0 aliphatic heterocycles. The summed E-state index contributed by atoms with van der Waals surface area (Å²) in [5, 5.41) is 34.1. The Balaban J connectivity index is 1.61. The van der Waals surface area contributed by atoms with Crippen molar-refractivity contribution in [3.63, 3.8) is 0 Å². The van der Waals surface area contributed by atoms with Gasteiger partial charge >= 0.3 is 0 Å². The predicted molar refractivity (Wildman–Crippen MR) is 215 cm³/mol. The van der Waals surface area contributed by atoms with Gasteiger partial charge in [-0.2, -0.15) is 0 Å². The summed E-state index contributed by atoms with van der Waals surface area (Å²) in [6.07, 6.45) is 0. The van der Waals surface area contributed by atoms with Crippen LogP contribution < -0.4 is 0 Å². The standard InChI is InChI=1S/C47H27Br/c1-18-6-24-26-8-19(2)10-28-30-12-21(4)14-32-34-16-23(48)17-35-33-15-22(5)13-31-29-11-20(3)9-27-25(7-18)36(24)42-43(37(26)28)45(39(30)32)47(41(34)35)46(40(31)33)44(42)38(27)29/h6-17H,1-5H3. The molecular formula is C47H27Br. The summed E-state index contributed by atoms with van der Waals surface area (Å²) >= 11 is 4.01. The summed E-state index contributed by atoms with van der Waals surface area (Å²) in [4.78, 5) is 0. The third kappa shape index (κ3) is 2.47. The number of rotatable bonds is 0. The molecule has 13 rings (SSSR count). The second-order valence-corrected chi connectivity index (χ2v) is 16.2. The highest BCUT2D eigenvalue weighted by atomic mass is 79.9. The fourth-order valence-electron chi connectivity index (χ4n) is 11.0. The molecule has 48 heavy (non-hydrogen) atoms. The van der Waals surface area contributed by atoms with Crippen molar-refractivity contribution in [2.45, 2.75) is 34.6 Å². The Morgan fingerprint density at radius 3 is 0.542 bits per heavy atom. The zero-order valence-electron chi connectivity index (χ0n) is 27.3. The van der Waals surface area contributed by atoms with Gasteiger partial charge in [0.2, 0.25) is 0 Å². The van der Waals surface area contributed by atoms with Gasteiger partial charge in [0, 0.05) is 4.47 Å². The average Bonchev–Trinajstić information content (AvgIpc) is 3.05. The van der Waals surface area contributed by atoms with Crippen LogP contribution in [0.2, 0.25) is 0 Å². The molecule has 0 saturated heterocycles. The molecule has 0 aliphatic carbocycles. The van der Waals surface area contributed by atoms with Crippen molar-refractivity contribution in [2.75, 3.05) is 0 Å². The van der Waals surface area contributed by atoms with Crippen LogP contribution in [-0.4, -0.2) is 0 Å². The third-order valence-electron chi connectivity index (χ3n) is 12.3. The lowest BCUT2D eigenvalue weighted by molar-refractivity contribution is 1.51. The molecule has 0 aliphatic rings. The largest absolute Gasteiger partial charge is 0.0508 e. The van der Waals surface area contributed by atoms with E-state index in [1.54, 1.807) is 0 Å². The third-order valence-corrected chi connectivity index (χ3v) is 12.7. The lowest BCUT2D eigenvalue weighted by Crippen LogP contribution is -2.01. The van der Waals surface area contributed by atoms with E-state index in [2.05, 4.69) is 123 Å². The molecule has 222 valence electrons.